The maximum atomic E-state index is 12.8. The molecular weight excluding hydrogens is 332 g/mol. The van der Waals surface area contributed by atoms with Gasteiger partial charge in [0, 0.05) is 11.3 Å². The summed E-state index contributed by atoms with van der Waals surface area (Å²) in [5.41, 5.74) is 0.699. The molecular formula is C16H24N2O3S2. The smallest absolute Gasteiger partial charge is 0.244 e. The molecule has 128 valence electrons. The maximum Gasteiger partial charge on any atom is 0.244 e. The van der Waals surface area contributed by atoms with E-state index in [0.29, 0.717) is 11.6 Å². The van der Waals surface area contributed by atoms with Crippen molar-refractivity contribution >= 4 is 27.7 Å². The van der Waals surface area contributed by atoms with Gasteiger partial charge < -0.3 is 5.32 Å². The normalized spacial score (nSPS) is 19.7. The number of carbonyl (C=O) groups is 1. The van der Waals surface area contributed by atoms with Crippen molar-refractivity contribution in [1.29, 1.82) is 0 Å². The first-order valence-electron chi connectivity index (χ1n) is 7.65. The van der Waals surface area contributed by atoms with Crippen LogP contribution >= 0.6 is 11.8 Å². The summed E-state index contributed by atoms with van der Waals surface area (Å²) in [5.74, 6) is 0.546. The summed E-state index contributed by atoms with van der Waals surface area (Å²) in [7, 11) is -3.66. The molecule has 1 N–H and O–H groups in total. The number of rotatable bonds is 4. The van der Waals surface area contributed by atoms with E-state index >= 15 is 0 Å². The molecule has 1 amide bonds. The van der Waals surface area contributed by atoms with E-state index in [4.69, 9.17) is 0 Å². The molecule has 1 heterocycles. The molecule has 1 saturated heterocycles. The second-order valence-electron chi connectivity index (χ2n) is 6.64. The summed E-state index contributed by atoms with van der Waals surface area (Å²) in [6, 6.07) is 6.22. The molecule has 5 nitrogen and oxygen atoms in total. The molecule has 1 aliphatic heterocycles. The van der Waals surface area contributed by atoms with Crippen LogP contribution in [0, 0.1) is 0 Å². The van der Waals surface area contributed by atoms with Gasteiger partial charge in [-0.15, -0.1) is 11.8 Å². The van der Waals surface area contributed by atoms with Crippen LogP contribution in [0.1, 0.15) is 33.3 Å². The van der Waals surface area contributed by atoms with E-state index in [0.717, 1.165) is 12.0 Å². The van der Waals surface area contributed by atoms with E-state index in [2.05, 4.69) is 5.32 Å². The highest BCUT2D eigenvalue weighted by molar-refractivity contribution is 8.00. The van der Waals surface area contributed by atoms with E-state index in [1.54, 1.807) is 12.1 Å². The first-order valence-corrected chi connectivity index (χ1v) is 10.2. The van der Waals surface area contributed by atoms with Gasteiger partial charge in [0.2, 0.25) is 15.9 Å². The molecule has 1 aliphatic rings. The number of thioether (sulfide) groups is 1. The Morgan fingerprint density at radius 2 is 1.91 bits per heavy atom. The van der Waals surface area contributed by atoms with Crippen molar-refractivity contribution in [2.24, 2.45) is 0 Å². The minimum Gasteiger partial charge on any atom is -0.350 e. The standard InChI is InChI=1S/C16H24N2O3S2/c1-5-12-6-8-13(9-7-12)23(20,21)18-11-22-10-14(18)15(19)17-16(2,3)4/h6-9,14H,5,10-11H2,1-4H3,(H,17,19). The van der Waals surface area contributed by atoms with E-state index < -0.39 is 16.1 Å². The van der Waals surface area contributed by atoms with Gasteiger partial charge in [-0.1, -0.05) is 19.1 Å². The quantitative estimate of drug-likeness (QED) is 0.898. The summed E-state index contributed by atoms with van der Waals surface area (Å²) >= 11 is 1.46. The summed E-state index contributed by atoms with van der Waals surface area (Å²) in [6.07, 6.45) is 0.858. The van der Waals surface area contributed by atoms with Crippen LogP contribution in [-0.2, 0) is 21.2 Å². The Labute approximate surface area is 142 Å². The highest BCUT2D eigenvalue weighted by Crippen LogP contribution is 2.29. The lowest BCUT2D eigenvalue weighted by molar-refractivity contribution is -0.125. The number of benzene rings is 1. The number of carbonyl (C=O) groups excluding carboxylic acids is 1. The molecule has 0 radical (unpaired) electrons. The van der Waals surface area contributed by atoms with Crippen LogP contribution in [0.15, 0.2) is 29.2 Å². The third kappa shape index (κ3) is 4.28. The maximum absolute atomic E-state index is 12.8. The van der Waals surface area contributed by atoms with E-state index in [9.17, 15) is 13.2 Å². The molecule has 0 aliphatic carbocycles. The van der Waals surface area contributed by atoms with Gasteiger partial charge in [-0.2, -0.15) is 4.31 Å². The number of aryl methyl sites for hydroxylation is 1. The van der Waals surface area contributed by atoms with Crippen LogP contribution in [0.2, 0.25) is 0 Å². The first-order chi connectivity index (χ1) is 10.6. The third-order valence-electron chi connectivity index (χ3n) is 3.58. The summed E-state index contributed by atoms with van der Waals surface area (Å²) in [5, 5.41) is 2.87. The molecule has 0 saturated carbocycles. The molecule has 0 aromatic heterocycles. The predicted molar refractivity (Wildman–Crippen MR) is 93.9 cm³/mol. The summed E-state index contributed by atoms with van der Waals surface area (Å²) in [6.45, 7) is 7.67. The number of sulfonamides is 1. The van der Waals surface area contributed by atoms with Gasteiger partial charge in [-0.05, 0) is 44.9 Å². The van der Waals surface area contributed by atoms with Gasteiger partial charge in [-0.25, -0.2) is 8.42 Å². The fourth-order valence-electron chi connectivity index (χ4n) is 2.36. The van der Waals surface area contributed by atoms with Gasteiger partial charge in [0.15, 0.2) is 0 Å². The van der Waals surface area contributed by atoms with Gasteiger partial charge >= 0.3 is 0 Å². The zero-order chi connectivity index (χ0) is 17.3. The van der Waals surface area contributed by atoms with Gasteiger partial charge in [0.25, 0.3) is 0 Å². The zero-order valence-corrected chi connectivity index (χ0v) is 15.6. The minimum atomic E-state index is -3.66. The van der Waals surface area contributed by atoms with Crippen LogP contribution in [-0.4, -0.2) is 41.8 Å². The van der Waals surface area contributed by atoms with Crippen molar-refractivity contribution in [2.75, 3.05) is 11.6 Å². The Kier molecular flexibility index (Phi) is 5.43. The average Bonchev–Trinajstić information content (AvgIpc) is 2.96. The highest BCUT2D eigenvalue weighted by Gasteiger charge is 2.40. The Hall–Kier alpha value is -1.05. The Morgan fingerprint density at radius 1 is 1.30 bits per heavy atom. The number of nitrogens with zero attached hydrogens (tertiary/aromatic N) is 1. The lowest BCUT2D eigenvalue weighted by Crippen LogP contribution is -2.52. The topological polar surface area (TPSA) is 66.5 Å². The SMILES string of the molecule is CCc1ccc(S(=O)(=O)N2CSCC2C(=O)NC(C)(C)C)cc1. The Bertz CT molecular complexity index is 664. The first kappa shape index (κ1) is 18.3. The second kappa shape index (κ2) is 6.83. The molecule has 1 fully saturated rings. The highest BCUT2D eigenvalue weighted by atomic mass is 32.2. The van der Waals surface area contributed by atoms with E-state index in [1.165, 1.54) is 16.1 Å². The van der Waals surface area contributed by atoms with Crippen molar-refractivity contribution in [1.82, 2.24) is 9.62 Å². The molecule has 23 heavy (non-hydrogen) atoms. The lowest BCUT2D eigenvalue weighted by atomic mass is 10.1. The largest absolute Gasteiger partial charge is 0.350 e. The molecule has 1 aromatic carbocycles. The third-order valence-corrected chi connectivity index (χ3v) is 6.63. The number of nitrogens with one attached hydrogen (secondary N) is 1. The molecule has 0 spiro atoms. The van der Waals surface area contributed by atoms with Crippen molar-refractivity contribution in [3.05, 3.63) is 29.8 Å². The van der Waals surface area contributed by atoms with Crippen molar-refractivity contribution in [3.8, 4) is 0 Å². The van der Waals surface area contributed by atoms with Crippen LogP contribution in [0.5, 0.6) is 0 Å². The second-order valence-corrected chi connectivity index (χ2v) is 9.53. The minimum absolute atomic E-state index is 0.240. The monoisotopic (exact) mass is 356 g/mol. The molecule has 7 heteroatoms. The average molecular weight is 357 g/mol. The fourth-order valence-corrected chi connectivity index (χ4v) is 5.51. The number of amides is 1. The molecule has 0 bridgehead atoms. The summed E-state index contributed by atoms with van der Waals surface area (Å²) in [4.78, 5) is 12.7. The molecule has 1 aromatic rings. The molecule has 1 unspecified atom stereocenters. The van der Waals surface area contributed by atoms with Crippen molar-refractivity contribution in [3.63, 3.8) is 0 Å². The lowest BCUT2D eigenvalue weighted by Gasteiger charge is -2.27. The van der Waals surface area contributed by atoms with Crippen LogP contribution < -0.4 is 5.32 Å². The van der Waals surface area contributed by atoms with Gasteiger partial charge in [-0.3, -0.25) is 4.79 Å². The Morgan fingerprint density at radius 3 is 2.43 bits per heavy atom. The fraction of sp³-hybridized carbons (Fsp3) is 0.562. The van der Waals surface area contributed by atoms with E-state index in [-0.39, 0.29) is 16.3 Å². The number of hydrogen-bond acceptors (Lipinski definition) is 4. The predicted octanol–water partition coefficient (Wildman–Crippen LogP) is 2.23. The van der Waals surface area contributed by atoms with Crippen molar-refractivity contribution < 1.29 is 13.2 Å². The van der Waals surface area contributed by atoms with Crippen LogP contribution in [0.4, 0.5) is 0 Å². The molecule has 2 rings (SSSR count). The Balaban J connectivity index is 2.25. The summed E-state index contributed by atoms with van der Waals surface area (Å²) < 4.78 is 27.0. The van der Waals surface area contributed by atoms with Gasteiger partial charge in [0.1, 0.15) is 6.04 Å². The van der Waals surface area contributed by atoms with E-state index in [1.807, 2.05) is 39.8 Å². The van der Waals surface area contributed by atoms with Crippen LogP contribution in [0.3, 0.4) is 0 Å². The van der Waals surface area contributed by atoms with Gasteiger partial charge in [0.05, 0.1) is 10.8 Å². The van der Waals surface area contributed by atoms with Crippen LogP contribution in [0.25, 0.3) is 0 Å². The molecule has 1 atom stereocenters. The number of hydrogen-bond donors (Lipinski definition) is 1. The van der Waals surface area contributed by atoms with Crippen molar-refractivity contribution in [2.45, 2.75) is 50.6 Å². The zero-order valence-electron chi connectivity index (χ0n) is 14.0.